The van der Waals surface area contributed by atoms with E-state index in [1.54, 1.807) is 15.9 Å². The van der Waals surface area contributed by atoms with Gasteiger partial charge in [0.2, 0.25) is 0 Å². The molecule has 0 fully saturated rings. The summed E-state index contributed by atoms with van der Waals surface area (Å²) in [5.74, 6) is 0. The highest BCUT2D eigenvalue weighted by Gasteiger charge is 2.23. The van der Waals surface area contributed by atoms with Crippen molar-refractivity contribution in [3.63, 3.8) is 0 Å². The summed E-state index contributed by atoms with van der Waals surface area (Å²) in [4.78, 5) is 13.6. The molecule has 0 aliphatic heterocycles. The fourth-order valence-electron chi connectivity index (χ4n) is 2.47. The van der Waals surface area contributed by atoms with Crippen molar-refractivity contribution >= 4 is 27.6 Å². The Labute approximate surface area is 134 Å². The third kappa shape index (κ3) is 2.66. The molecular formula is C18H19NO2S. The Bertz CT molecular complexity index is 836. The van der Waals surface area contributed by atoms with Gasteiger partial charge in [-0.3, -0.25) is 0 Å². The number of nitrogens with zero attached hydrogens (tertiary/aromatic N) is 1. The Balaban J connectivity index is 2.19. The van der Waals surface area contributed by atoms with Crippen molar-refractivity contribution in [3.8, 4) is 11.3 Å². The van der Waals surface area contributed by atoms with Crippen LogP contribution >= 0.6 is 11.3 Å². The Morgan fingerprint density at radius 3 is 2.59 bits per heavy atom. The van der Waals surface area contributed by atoms with Crippen LogP contribution in [-0.2, 0) is 4.74 Å². The lowest BCUT2D eigenvalue weighted by Crippen LogP contribution is -2.27. The molecule has 4 heteroatoms. The van der Waals surface area contributed by atoms with E-state index in [2.05, 4.69) is 19.1 Å². The van der Waals surface area contributed by atoms with Gasteiger partial charge in [-0.25, -0.2) is 9.36 Å². The van der Waals surface area contributed by atoms with Crippen LogP contribution in [0.2, 0.25) is 0 Å². The van der Waals surface area contributed by atoms with Gasteiger partial charge in [0, 0.05) is 10.9 Å². The van der Waals surface area contributed by atoms with E-state index in [0.717, 1.165) is 27.0 Å². The molecule has 2 heterocycles. The number of carbonyl (C=O) groups excluding carboxylic acids is 1. The number of fused-ring (bicyclic) bond motifs is 1. The summed E-state index contributed by atoms with van der Waals surface area (Å²) >= 11 is 1.55. The number of aromatic nitrogens is 1. The molecule has 0 aliphatic rings. The molecule has 0 amide bonds. The van der Waals surface area contributed by atoms with Gasteiger partial charge in [-0.1, -0.05) is 24.3 Å². The minimum Gasteiger partial charge on any atom is -0.443 e. The number of carbonyl (C=O) groups is 1. The summed E-state index contributed by atoms with van der Waals surface area (Å²) in [6, 6.07) is 12.2. The van der Waals surface area contributed by atoms with Gasteiger partial charge in [-0.2, -0.15) is 0 Å². The second-order valence-corrected chi connectivity index (χ2v) is 7.24. The van der Waals surface area contributed by atoms with Crippen molar-refractivity contribution in [1.29, 1.82) is 0 Å². The van der Waals surface area contributed by atoms with Gasteiger partial charge in [-0.15, -0.1) is 11.3 Å². The molecule has 3 aromatic rings. The zero-order valence-electron chi connectivity index (χ0n) is 13.2. The van der Waals surface area contributed by atoms with Crippen LogP contribution in [0.4, 0.5) is 4.79 Å². The highest BCUT2D eigenvalue weighted by molar-refractivity contribution is 7.17. The van der Waals surface area contributed by atoms with Crippen LogP contribution in [0.5, 0.6) is 0 Å². The van der Waals surface area contributed by atoms with E-state index in [1.165, 1.54) is 0 Å². The summed E-state index contributed by atoms with van der Waals surface area (Å²) in [5.41, 5.74) is 2.55. The molecule has 0 spiro atoms. The first-order chi connectivity index (χ1) is 10.4. The fraction of sp³-hybridized carbons (Fsp3) is 0.278. The van der Waals surface area contributed by atoms with E-state index in [4.69, 9.17) is 4.74 Å². The average Bonchev–Trinajstić information content (AvgIpc) is 2.96. The third-order valence-electron chi connectivity index (χ3n) is 3.41. The second kappa shape index (κ2) is 5.29. The number of benzene rings is 1. The summed E-state index contributed by atoms with van der Waals surface area (Å²) in [5, 5.41) is 3.06. The lowest BCUT2D eigenvalue weighted by atomic mass is 10.1. The van der Waals surface area contributed by atoms with Crippen molar-refractivity contribution in [2.75, 3.05) is 0 Å². The van der Waals surface area contributed by atoms with Crippen LogP contribution in [0.3, 0.4) is 0 Å². The van der Waals surface area contributed by atoms with Crippen LogP contribution in [0.1, 0.15) is 26.3 Å². The number of aryl methyl sites for hydroxylation is 1. The van der Waals surface area contributed by atoms with Crippen LogP contribution < -0.4 is 0 Å². The lowest BCUT2D eigenvalue weighted by molar-refractivity contribution is 0.0548. The molecule has 0 aliphatic carbocycles. The summed E-state index contributed by atoms with van der Waals surface area (Å²) in [6.45, 7) is 7.70. The molecule has 0 saturated carbocycles. The molecule has 0 bridgehead atoms. The van der Waals surface area contributed by atoms with Crippen molar-refractivity contribution in [3.05, 3.63) is 47.3 Å². The highest BCUT2D eigenvalue weighted by Crippen LogP contribution is 2.33. The van der Waals surface area contributed by atoms with Gasteiger partial charge >= 0.3 is 6.09 Å². The van der Waals surface area contributed by atoms with Crippen LogP contribution in [0.15, 0.2) is 41.8 Å². The minimum absolute atomic E-state index is 0.330. The maximum absolute atomic E-state index is 12.7. The molecule has 0 N–H and O–H groups in total. The van der Waals surface area contributed by atoms with Gasteiger partial charge in [0.05, 0.1) is 5.69 Å². The van der Waals surface area contributed by atoms with Crippen molar-refractivity contribution < 1.29 is 9.53 Å². The molecule has 0 saturated heterocycles. The van der Waals surface area contributed by atoms with Gasteiger partial charge in [0.25, 0.3) is 0 Å². The number of thiophene rings is 1. The molecule has 0 radical (unpaired) electrons. The Morgan fingerprint density at radius 2 is 1.91 bits per heavy atom. The topological polar surface area (TPSA) is 31.2 Å². The Hall–Kier alpha value is -2.07. The standard InChI is InChI=1S/C18H19NO2S/c1-12-7-5-6-8-14(12)15-11-13-9-10-22-16(13)19(15)17(20)21-18(2,3)4/h5-11H,1-4H3. The molecule has 1 aromatic carbocycles. The van der Waals surface area contributed by atoms with E-state index < -0.39 is 5.60 Å². The maximum atomic E-state index is 12.7. The highest BCUT2D eigenvalue weighted by atomic mass is 32.1. The van der Waals surface area contributed by atoms with Gasteiger partial charge in [0.15, 0.2) is 0 Å². The van der Waals surface area contributed by atoms with Gasteiger partial charge in [0.1, 0.15) is 10.4 Å². The van der Waals surface area contributed by atoms with Crippen molar-refractivity contribution in [1.82, 2.24) is 4.57 Å². The number of ether oxygens (including phenoxy) is 1. The average molecular weight is 313 g/mol. The number of rotatable bonds is 1. The van der Waals surface area contributed by atoms with E-state index in [9.17, 15) is 4.79 Å². The molecular weight excluding hydrogens is 294 g/mol. The summed E-state index contributed by atoms with van der Waals surface area (Å²) < 4.78 is 7.28. The molecule has 22 heavy (non-hydrogen) atoms. The van der Waals surface area contributed by atoms with E-state index in [-0.39, 0.29) is 6.09 Å². The predicted octanol–water partition coefficient (Wildman–Crippen LogP) is 5.46. The fourth-order valence-corrected chi connectivity index (χ4v) is 3.36. The Morgan fingerprint density at radius 1 is 1.18 bits per heavy atom. The normalized spacial score (nSPS) is 11.8. The SMILES string of the molecule is Cc1ccccc1-c1cc2ccsc2n1C(=O)OC(C)(C)C. The Kier molecular flexibility index (Phi) is 3.57. The smallest absolute Gasteiger partial charge is 0.420 e. The van der Waals surface area contributed by atoms with Gasteiger partial charge < -0.3 is 4.74 Å². The number of hydrogen-bond acceptors (Lipinski definition) is 3. The molecule has 0 unspecified atom stereocenters. The largest absolute Gasteiger partial charge is 0.443 e. The first kappa shape index (κ1) is 14.9. The molecule has 2 aromatic heterocycles. The van der Waals surface area contributed by atoms with Crippen LogP contribution in [0.25, 0.3) is 21.5 Å². The van der Waals surface area contributed by atoms with E-state index in [1.807, 2.05) is 50.4 Å². The third-order valence-corrected chi connectivity index (χ3v) is 4.32. The van der Waals surface area contributed by atoms with Crippen LogP contribution in [0, 0.1) is 6.92 Å². The summed E-state index contributed by atoms with van der Waals surface area (Å²) in [6.07, 6.45) is -0.330. The first-order valence-electron chi connectivity index (χ1n) is 7.25. The molecule has 114 valence electrons. The van der Waals surface area contributed by atoms with Crippen LogP contribution in [-0.4, -0.2) is 16.3 Å². The summed E-state index contributed by atoms with van der Waals surface area (Å²) in [7, 11) is 0. The van der Waals surface area contributed by atoms with E-state index >= 15 is 0 Å². The zero-order valence-corrected chi connectivity index (χ0v) is 14.0. The maximum Gasteiger partial charge on any atom is 0.420 e. The predicted molar refractivity (Wildman–Crippen MR) is 91.6 cm³/mol. The lowest BCUT2D eigenvalue weighted by Gasteiger charge is -2.21. The monoisotopic (exact) mass is 313 g/mol. The quantitative estimate of drug-likeness (QED) is 0.597. The van der Waals surface area contributed by atoms with Crippen molar-refractivity contribution in [2.45, 2.75) is 33.3 Å². The zero-order chi connectivity index (χ0) is 15.9. The van der Waals surface area contributed by atoms with Gasteiger partial charge in [-0.05, 0) is 50.8 Å². The minimum atomic E-state index is -0.520. The number of hydrogen-bond donors (Lipinski definition) is 0. The molecule has 3 rings (SSSR count). The first-order valence-corrected chi connectivity index (χ1v) is 8.13. The van der Waals surface area contributed by atoms with E-state index in [0.29, 0.717) is 0 Å². The second-order valence-electron chi connectivity index (χ2n) is 6.34. The molecule has 3 nitrogen and oxygen atoms in total. The van der Waals surface area contributed by atoms with Crippen molar-refractivity contribution in [2.24, 2.45) is 0 Å². The molecule has 0 atom stereocenters.